The van der Waals surface area contributed by atoms with Crippen LogP contribution in [-0.4, -0.2) is 38.2 Å². The molecule has 0 bridgehead atoms. The summed E-state index contributed by atoms with van der Waals surface area (Å²) in [6.07, 6.45) is 0. The van der Waals surface area contributed by atoms with E-state index >= 15 is 0 Å². The number of halogens is 3. The minimum absolute atomic E-state index is 0.0723. The lowest BCUT2D eigenvalue weighted by atomic mass is 10.1. The molecular formula is C22H22F3NO4S. The quantitative estimate of drug-likeness (QED) is 0.432. The summed E-state index contributed by atoms with van der Waals surface area (Å²) >= 11 is 1.21. The third-order valence-corrected chi connectivity index (χ3v) is 5.72. The monoisotopic (exact) mass is 453 g/mol. The van der Waals surface area contributed by atoms with Crippen molar-refractivity contribution in [2.24, 2.45) is 0 Å². The molecule has 1 aromatic heterocycles. The molecule has 3 aromatic rings. The number of benzene rings is 2. The van der Waals surface area contributed by atoms with Gasteiger partial charge in [-0.05, 0) is 36.8 Å². The van der Waals surface area contributed by atoms with Crippen LogP contribution >= 0.6 is 11.3 Å². The molecule has 0 atom stereocenters. The second kappa shape index (κ2) is 10.0. The lowest BCUT2D eigenvalue weighted by Gasteiger charge is -2.19. The molecule has 0 aliphatic carbocycles. The molecule has 0 aliphatic rings. The summed E-state index contributed by atoms with van der Waals surface area (Å²) in [4.78, 5) is 15.0. The summed E-state index contributed by atoms with van der Waals surface area (Å²) in [6, 6.07) is 9.24. The van der Waals surface area contributed by atoms with E-state index < -0.39 is 12.4 Å². The van der Waals surface area contributed by atoms with E-state index in [1.54, 1.807) is 38.2 Å². The second-order valence-corrected chi connectivity index (χ2v) is 7.76. The van der Waals surface area contributed by atoms with Gasteiger partial charge in [-0.15, -0.1) is 11.3 Å². The van der Waals surface area contributed by atoms with Crippen LogP contribution in [0.3, 0.4) is 0 Å². The number of rotatable bonds is 9. The first-order valence-corrected chi connectivity index (χ1v) is 10.3. The molecule has 0 spiro atoms. The van der Waals surface area contributed by atoms with E-state index in [-0.39, 0.29) is 37.2 Å². The first-order valence-electron chi connectivity index (χ1n) is 9.50. The van der Waals surface area contributed by atoms with Crippen LogP contribution in [-0.2, 0) is 17.9 Å². The van der Waals surface area contributed by atoms with Gasteiger partial charge in [0.15, 0.2) is 11.5 Å². The zero-order valence-electron chi connectivity index (χ0n) is 17.3. The molecule has 166 valence electrons. The van der Waals surface area contributed by atoms with Gasteiger partial charge in [-0.2, -0.15) is 8.78 Å². The number of alkyl halides is 2. The summed E-state index contributed by atoms with van der Waals surface area (Å²) in [5.74, 6) is -0.598. The molecule has 1 heterocycles. The van der Waals surface area contributed by atoms with E-state index in [9.17, 15) is 18.0 Å². The smallest absolute Gasteiger partial charge is 0.387 e. The van der Waals surface area contributed by atoms with Gasteiger partial charge in [0.2, 0.25) is 0 Å². The highest BCUT2D eigenvalue weighted by atomic mass is 32.1. The molecule has 0 saturated heterocycles. The highest BCUT2D eigenvalue weighted by Crippen LogP contribution is 2.35. The normalized spacial score (nSPS) is 11.2. The number of carbonyl (C=O) groups is 1. The molecule has 31 heavy (non-hydrogen) atoms. The lowest BCUT2D eigenvalue weighted by Crippen LogP contribution is -2.26. The second-order valence-electron chi connectivity index (χ2n) is 6.71. The van der Waals surface area contributed by atoms with E-state index in [4.69, 9.17) is 9.47 Å². The average Bonchev–Trinajstić information content (AvgIpc) is 3.09. The molecule has 0 N–H and O–H groups in total. The average molecular weight is 453 g/mol. The molecule has 0 saturated carbocycles. The Bertz CT molecular complexity index is 1070. The fourth-order valence-corrected chi connectivity index (χ4v) is 4.47. The molecule has 5 nitrogen and oxygen atoms in total. The number of hydrogen-bond acceptors (Lipinski definition) is 5. The number of amides is 1. The zero-order valence-corrected chi connectivity index (χ0v) is 18.1. The predicted molar refractivity (Wildman–Crippen MR) is 113 cm³/mol. The minimum Gasteiger partial charge on any atom is -0.490 e. The van der Waals surface area contributed by atoms with Crippen molar-refractivity contribution in [3.05, 3.63) is 58.2 Å². The van der Waals surface area contributed by atoms with E-state index in [2.05, 4.69) is 4.74 Å². The Morgan fingerprint density at radius 1 is 1.19 bits per heavy atom. The van der Waals surface area contributed by atoms with Crippen molar-refractivity contribution in [3.8, 4) is 11.5 Å². The summed E-state index contributed by atoms with van der Waals surface area (Å²) < 4.78 is 55.3. The van der Waals surface area contributed by atoms with Gasteiger partial charge in [-0.25, -0.2) is 4.39 Å². The van der Waals surface area contributed by atoms with Crippen molar-refractivity contribution in [2.45, 2.75) is 26.7 Å². The summed E-state index contributed by atoms with van der Waals surface area (Å²) in [5, 5.41) is 0.387. The molecule has 0 radical (unpaired) electrons. The maximum Gasteiger partial charge on any atom is 0.387 e. The van der Waals surface area contributed by atoms with Gasteiger partial charge in [0.05, 0.1) is 18.1 Å². The summed E-state index contributed by atoms with van der Waals surface area (Å²) in [6.45, 7) is -0.680. The van der Waals surface area contributed by atoms with E-state index in [0.29, 0.717) is 26.1 Å². The Labute approximate surface area is 181 Å². The standard InChI is InChI=1S/C22H22F3NO4S/c1-4-29-17-10-13(8-9-16(17)30-22(24)25)11-26(2)21(27)20-14(12-28-3)19-15(23)6-5-7-18(19)31-20/h5-10,22H,4,11-12H2,1-3H3. The molecule has 9 heteroatoms. The molecule has 3 rings (SSSR count). The zero-order chi connectivity index (χ0) is 22.5. The fourth-order valence-electron chi connectivity index (χ4n) is 3.25. The highest BCUT2D eigenvalue weighted by molar-refractivity contribution is 7.21. The van der Waals surface area contributed by atoms with Gasteiger partial charge in [-0.3, -0.25) is 4.79 Å². The van der Waals surface area contributed by atoms with Crippen LogP contribution in [0.5, 0.6) is 11.5 Å². The SMILES string of the molecule is CCOc1cc(CN(C)C(=O)c2sc3cccc(F)c3c2COC)ccc1OC(F)F. The number of hydrogen-bond donors (Lipinski definition) is 0. The van der Waals surface area contributed by atoms with Crippen LogP contribution in [0.15, 0.2) is 36.4 Å². The van der Waals surface area contributed by atoms with Crippen LogP contribution in [0, 0.1) is 5.82 Å². The lowest BCUT2D eigenvalue weighted by molar-refractivity contribution is -0.0514. The molecule has 0 aliphatic heterocycles. The largest absolute Gasteiger partial charge is 0.490 e. The Morgan fingerprint density at radius 2 is 1.97 bits per heavy atom. The van der Waals surface area contributed by atoms with Crippen molar-refractivity contribution in [2.75, 3.05) is 20.8 Å². The fraction of sp³-hybridized carbons (Fsp3) is 0.318. The number of nitrogens with zero attached hydrogens (tertiary/aromatic N) is 1. The van der Waals surface area contributed by atoms with Crippen LogP contribution in [0.2, 0.25) is 0 Å². The van der Waals surface area contributed by atoms with Crippen molar-refractivity contribution in [1.82, 2.24) is 4.90 Å². The molecule has 1 amide bonds. The van der Waals surface area contributed by atoms with Crippen LogP contribution in [0.25, 0.3) is 10.1 Å². The topological polar surface area (TPSA) is 48.0 Å². The van der Waals surface area contributed by atoms with Gasteiger partial charge < -0.3 is 19.1 Å². The van der Waals surface area contributed by atoms with E-state index in [1.165, 1.54) is 35.5 Å². The maximum absolute atomic E-state index is 14.4. The summed E-state index contributed by atoms with van der Waals surface area (Å²) in [7, 11) is 3.10. The van der Waals surface area contributed by atoms with Gasteiger partial charge in [0, 0.05) is 36.4 Å². The highest BCUT2D eigenvalue weighted by Gasteiger charge is 2.23. The summed E-state index contributed by atoms with van der Waals surface area (Å²) in [5.41, 5.74) is 1.18. The van der Waals surface area contributed by atoms with Crippen LogP contribution < -0.4 is 9.47 Å². The Hall–Kier alpha value is -2.78. The van der Waals surface area contributed by atoms with Gasteiger partial charge in [0.25, 0.3) is 5.91 Å². The number of carbonyl (C=O) groups excluding carboxylic acids is 1. The van der Waals surface area contributed by atoms with Crippen molar-refractivity contribution < 1.29 is 32.2 Å². The molecule has 0 fully saturated rings. The minimum atomic E-state index is -2.97. The Morgan fingerprint density at radius 3 is 2.65 bits per heavy atom. The third kappa shape index (κ3) is 5.11. The van der Waals surface area contributed by atoms with Gasteiger partial charge in [-0.1, -0.05) is 12.1 Å². The third-order valence-electron chi connectivity index (χ3n) is 4.54. The number of ether oxygens (including phenoxy) is 3. The van der Waals surface area contributed by atoms with Crippen molar-refractivity contribution >= 4 is 27.3 Å². The Kier molecular flexibility index (Phi) is 7.40. The predicted octanol–water partition coefficient (Wildman–Crippen LogP) is 5.46. The number of thiophene rings is 1. The van der Waals surface area contributed by atoms with Crippen LogP contribution in [0.1, 0.15) is 27.7 Å². The van der Waals surface area contributed by atoms with Gasteiger partial charge in [0.1, 0.15) is 5.82 Å². The van der Waals surface area contributed by atoms with Gasteiger partial charge >= 0.3 is 6.61 Å². The van der Waals surface area contributed by atoms with Crippen LogP contribution in [0.4, 0.5) is 13.2 Å². The molecule has 0 unspecified atom stereocenters. The molecular weight excluding hydrogens is 431 g/mol. The van der Waals surface area contributed by atoms with E-state index in [0.717, 1.165) is 0 Å². The van der Waals surface area contributed by atoms with Crippen molar-refractivity contribution in [1.29, 1.82) is 0 Å². The number of methoxy groups -OCH3 is 1. The Balaban J connectivity index is 1.88. The van der Waals surface area contributed by atoms with Crippen molar-refractivity contribution in [3.63, 3.8) is 0 Å². The maximum atomic E-state index is 14.4. The first kappa shape index (κ1) is 22.9. The van der Waals surface area contributed by atoms with E-state index in [1.807, 2.05) is 0 Å². The number of fused-ring (bicyclic) bond motifs is 1. The molecule has 2 aromatic carbocycles. The first-order chi connectivity index (χ1) is 14.8.